The highest BCUT2D eigenvalue weighted by molar-refractivity contribution is 5.14. The highest BCUT2D eigenvalue weighted by atomic mass is 16.5. The van der Waals surface area contributed by atoms with Crippen molar-refractivity contribution in [3.8, 4) is 0 Å². The third-order valence-corrected chi connectivity index (χ3v) is 3.26. The predicted octanol–water partition coefficient (Wildman–Crippen LogP) is 1.32. The minimum absolute atomic E-state index is 0.0734. The summed E-state index contributed by atoms with van der Waals surface area (Å²) in [7, 11) is 0. The summed E-state index contributed by atoms with van der Waals surface area (Å²) in [6.07, 6.45) is 0.645. The number of ether oxygens (including phenoxy) is 1. The fraction of sp³-hybridized carbons (Fsp3) is 0.538. The van der Waals surface area contributed by atoms with E-state index in [1.165, 1.54) is 5.56 Å². The molecule has 0 aromatic heterocycles. The van der Waals surface area contributed by atoms with E-state index in [1.54, 1.807) is 0 Å². The summed E-state index contributed by atoms with van der Waals surface area (Å²) in [5.74, 6) is 0. The molecule has 0 amide bonds. The van der Waals surface area contributed by atoms with Crippen LogP contribution in [0.4, 0.5) is 0 Å². The molecule has 1 aliphatic rings. The fourth-order valence-electron chi connectivity index (χ4n) is 2.02. The van der Waals surface area contributed by atoms with Gasteiger partial charge in [0.05, 0.1) is 6.10 Å². The van der Waals surface area contributed by atoms with Gasteiger partial charge in [0, 0.05) is 26.1 Å². The van der Waals surface area contributed by atoms with Crippen LogP contribution in [0.1, 0.15) is 18.9 Å². The smallest absolute Gasteiger partial charge is 0.105 e. The number of benzene rings is 1. The molecule has 1 heterocycles. The molecule has 3 nitrogen and oxygen atoms in total. The Morgan fingerprint density at radius 2 is 2.19 bits per heavy atom. The zero-order valence-electron chi connectivity index (χ0n) is 9.65. The molecular weight excluding hydrogens is 202 g/mol. The highest BCUT2D eigenvalue weighted by Crippen LogP contribution is 2.24. The Hall–Kier alpha value is -0.900. The molecule has 1 aromatic rings. The zero-order chi connectivity index (χ0) is 11.4. The van der Waals surface area contributed by atoms with Crippen LogP contribution < -0.4 is 5.32 Å². The Bertz CT molecular complexity index is 328. The van der Waals surface area contributed by atoms with Crippen LogP contribution in [0.25, 0.3) is 0 Å². The van der Waals surface area contributed by atoms with Crippen molar-refractivity contribution in [2.24, 2.45) is 0 Å². The summed E-state index contributed by atoms with van der Waals surface area (Å²) in [6, 6.07) is 10.2. The Morgan fingerprint density at radius 1 is 1.44 bits per heavy atom. The normalized spacial score (nSPS) is 29.5. The van der Waals surface area contributed by atoms with Crippen molar-refractivity contribution in [1.29, 1.82) is 0 Å². The molecule has 2 atom stereocenters. The standard InChI is InChI=1S/C13H19NO2/c1-11-13(15,7-8-16-11)10-14-9-12-5-3-2-4-6-12/h2-6,11,14-15H,7-10H2,1H3. The first-order valence-corrected chi connectivity index (χ1v) is 5.79. The lowest BCUT2D eigenvalue weighted by Crippen LogP contribution is -2.45. The lowest BCUT2D eigenvalue weighted by Gasteiger charge is -2.26. The largest absolute Gasteiger partial charge is 0.386 e. The van der Waals surface area contributed by atoms with E-state index in [-0.39, 0.29) is 6.10 Å². The second-order valence-corrected chi connectivity index (χ2v) is 4.46. The molecule has 2 unspecified atom stereocenters. The average molecular weight is 221 g/mol. The Morgan fingerprint density at radius 3 is 2.81 bits per heavy atom. The van der Waals surface area contributed by atoms with Gasteiger partial charge in [0.1, 0.15) is 5.60 Å². The number of hydrogen-bond donors (Lipinski definition) is 2. The van der Waals surface area contributed by atoms with Gasteiger partial charge in [0.2, 0.25) is 0 Å². The van der Waals surface area contributed by atoms with E-state index < -0.39 is 5.60 Å². The van der Waals surface area contributed by atoms with Crippen LogP contribution in [-0.2, 0) is 11.3 Å². The first kappa shape index (κ1) is 11.6. The molecule has 1 fully saturated rings. The first-order valence-electron chi connectivity index (χ1n) is 5.79. The van der Waals surface area contributed by atoms with Crippen LogP contribution in [0.3, 0.4) is 0 Å². The summed E-state index contributed by atoms with van der Waals surface area (Å²) >= 11 is 0. The molecule has 0 saturated carbocycles. The zero-order valence-corrected chi connectivity index (χ0v) is 9.65. The van der Waals surface area contributed by atoms with Gasteiger partial charge in [-0.25, -0.2) is 0 Å². The number of hydrogen-bond acceptors (Lipinski definition) is 3. The lowest BCUT2D eigenvalue weighted by atomic mass is 9.96. The summed E-state index contributed by atoms with van der Waals surface area (Å²) in [4.78, 5) is 0. The van der Waals surface area contributed by atoms with Gasteiger partial charge < -0.3 is 15.2 Å². The molecule has 1 aliphatic heterocycles. The van der Waals surface area contributed by atoms with Crippen molar-refractivity contribution in [2.75, 3.05) is 13.2 Å². The number of aliphatic hydroxyl groups is 1. The third-order valence-electron chi connectivity index (χ3n) is 3.26. The van der Waals surface area contributed by atoms with Gasteiger partial charge in [0.15, 0.2) is 0 Å². The second-order valence-electron chi connectivity index (χ2n) is 4.46. The second kappa shape index (κ2) is 4.95. The summed E-state index contributed by atoms with van der Waals surface area (Å²) < 4.78 is 5.38. The van der Waals surface area contributed by atoms with Crippen molar-refractivity contribution < 1.29 is 9.84 Å². The molecule has 0 bridgehead atoms. The van der Waals surface area contributed by atoms with Crippen LogP contribution in [0, 0.1) is 0 Å². The topological polar surface area (TPSA) is 41.5 Å². The first-order chi connectivity index (χ1) is 7.71. The van der Waals surface area contributed by atoms with Crippen LogP contribution in [-0.4, -0.2) is 30.0 Å². The van der Waals surface area contributed by atoms with E-state index in [0.717, 1.165) is 13.0 Å². The highest BCUT2D eigenvalue weighted by Gasteiger charge is 2.38. The summed E-state index contributed by atoms with van der Waals surface area (Å²) in [5, 5.41) is 13.5. The maximum absolute atomic E-state index is 10.3. The third kappa shape index (κ3) is 2.61. The average Bonchev–Trinajstić information content (AvgIpc) is 2.61. The maximum Gasteiger partial charge on any atom is 0.105 e. The Kier molecular flexibility index (Phi) is 3.59. The molecule has 16 heavy (non-hydrogen) atoms. The molecule has 1 aromatic carbocycles. The van der Waals surface area contributed by atoms with E-state index in [2.05, 4.69) is 17.4 Å². The van der Waals surface area contributed by atoms with Gasteiger partial charge in [-0.1, -0.05) is 30.3 Å². The SMILES string of the molecule is CC1OCCC1(O)CNCc1ccccc1. The van der Waals surface area contributed by atoms with E-state index in [4.69, 9.17) is 4.74 Å². The van der Waals surface area contributed by atoms with E-state index >= 15 is 0 Å². The van der Waals surface area contributed by atoms with Crippen LogP contribution >= 0.6 is 0 Å². The van der Waals surface area contributed by atoms with Crippen LogP contribution in [0.2, 0.25) is 0 Å². The molecule has 88 valence electrons. The van der Waals surface area contributed by atoms with Gasteiger partial charge in [-0.05, 0) is 12.5 Å². The predicted molar refractivity (Wildman–Crippen MR) is 63.1 cm³/mol. The molecule has 0 aliphatic carbocycles. The monoisotopic (exact) mass is 221 g/mol. The van der Waals surface area contributed by atoms with Crippen molar-refractivity contribution in [3.63, 3.8) is 0 Å². The maximum atomic E-state index is 10.3. The lowest BCUT2D eigenvalue weighted by molar-refractivity contribution is -0.0262. The van der Waals surface area contributed by atoms with Gasteiger partial charge in [-0.3, -0.25) is 0 Å². The van der Waals surface area contributed by atoms with Gasteiger partial charge in [-0.15, -0.1) is 0 Å². The van der Waals surface area contributed by atoms with Crippen molar-refractivity contribution in [3.05, 3.63) is 35.9 Å². The fourth-order valence-corrected chi connectivity index (χ4v) is 2.02. The minimum atomic E-state index is -0.700. The molecular formula is C13H19NO2. The quantitative estimate of drug-likeness (QED) is 0.805. The molecule has 0 spiro atoms. The van der Waals surface area contributed by atoms with Gasteiger partial charge in [-0.2, -0.15) is 0 Å². The van der Waals surface area contributed by atoms with E-state index in [0.29, 0.717) is 13.2 Å². The van der Waals surface area contributed by atoms with Crippen LogP contribution in [0.15, 0.2) is 30.3 Å². The van der Waals surface area contributed by atoms with E-state index in [1.807, 2.05) is 25.1 Å². The number of nitrogens with one attached hydrogen (secondary N) is 1. The van der Waals surface area contributed by atoms with Crippen molar-refractivity contribution in [2.45, 2.75) is 31.6 Å². The Labute approximate surface area is 96.4 Å². The molecule has 2 rings (SSSR count). The Balaban J connectivity index is 1.80. The van der Waals surface area contributed by atoms with Gasteiger partial charge in [0.25, 0.3) is 0 Å². The molecule has 1 saturated heterocycles. The van der Waals surface area contributed by atoms with Gasteiger partial charge >= 0.3 is 0 Å². The summed E-state index contributed by atoms with van der Waals surface area (Å²) in [6.45, 7) is 3.96. The van der Waals surface area contributed by atoms with Crippen LogP contribution in [0.5, 0.6) is 0 Å². The van der Waals surface area contributed by atoms with Crippen molar-refractivity contribution >= 4 is 0 Å². The molecule has 2 N–H and O–H groups in total. The molecule has 3 heteroatoms. The number of rotatable bonds is 4. The van der Waals surface area contributed by atoms with Crippen molar-refractivity contribution in [1.82, 2.24) is 5.32 Å². The van der Waals surface area contributed by atoms with E-state index in [9.17, 15) is 5.11 Å². The summed E-state index contributed by atoms with van der Waals surface area (Å²) in [5.41, 5.74) is 0.534. The molecule has 0 radical (unpaired) electrons. The minimum Gasteiger partial charge on any atom is -0.386 e.